The summed E-state index contributed by atoms with van der Waals surface area (Å²) >= 11 is 0. The highest BCUT2D eigenvalue weighted by molar-refractivity contribution is 7.89. The second-order valence-electron chi connectivity index (χ2n) is 4.81. The Balaban J connectivity index is 2.21. The van der Waals surface area contributed by atoms with Crippen molar-refractivity contribution in [3.05, 3.63) is 59.9 Å². The molecule has 0 saturated heterocycles. The van der Waals surface area contributed by atoms with E-state index in [0.29, 0.717) is 11.0 Å². The average molecular weight is 323 g/mol. The van der Waals surface area contributed by atoms with E-state index in [4.69, 9.17) is 10.0 Å². The van der Waals surface area contributed by atoms with E-state index in [1.807, 2.05) is 0 Å². The van der Waals surface area contributed by atoms with E-state index >= 15 is 0 Å². The first-order chi connectivity index (χ1) is 10.3. The van der Waals surface area contributed by atoms with Gasteiger partial charge in [-0.05, 0) is 23.2 Å². The largest absolute Gasteiger partial charge is 0.488 e. The number of hydrogen-bond donors (Lipinski definition) is 2. The number of benzene rings is 2. The molecule has 0 fully saturated rings. The molecule has 0 radical (unpaired) electrons. The predicted molar refractivity (Wildman–Crippen MR) is 81.3 cm³/mol. The molecule has 0 amide bonds. The minimum atomic E-state index is -3.93. The summed E-state index contributed by atoms with van der Waals surface area (Å²) in [5.41, 5.74) is 0.954. The number of halogens is 1. The van der Waals surface area contributed by atoms with Crippen molar-refractivity contribution in [1.29, 1.82) is 0 Å². The SMILES string of the molecule is CN(Cc1ccc(B(O)O)cc1)S(=O)(=O)c1ccccc1F. The highest BCUT2D eigenvalue weighted by atomic mass is 32.2. The fourth-order valence-corrected chi connectivity index (χ4v) is 3.18. The summed E-state index contributed by atoms with van der Waals surface area (Å²) in [6.45, 7) is 0.0402. The molecule has 116 valence electrons. The first-order valence-corrected chi connectivity index (χ1v) is 7.92. The molecule has 0 unspecified atom stereocenters. The van der Waals surface area contributed by atoms with Crippen LogP contribution in [0.25, 0.3) is 0 Å². The van der Waals surface area contributed by atoms with Crippen LogP contribution in [0.5, 0.6) is 0 Å². The smallest absolute Gasteiger partial charge is 0.423 e. The fraction of sp³-hybridized carbons (Fsp3) is 0.143. The Morgan fingerprint density at radius 3 is 2.23 bits per heavy atom. The van der Waals surface area contributed by atoms with Crippen LogP contribution in [0.15, 0.2) is 53.4 Å². The minimum Gasteiger partial charge on any atom is -0.423 e. The van der Waals surface area contributed by atoms with E-state index in [1.54, 1.807) is 12.1 Å². The summed E-state index contributed by atoms with van der Waals surface area (Å²) in [5.74, 6) is -0.798. The van der Waals surface area contributed by atoms with Gasteiger partial charge in [0.25, 0.3) is 0 Å². The second kappa shape index (κ2) is 6.57. The van der Waals surface area contributed by atoms with Crippen molar-refractivity contribution < 1.29 is 22.9 Å². The molecule has 5 nitrogen and oxygen atoms in total. The van der Waals surface area contributed by atoms with E-state index in [1.165, 1.54) is 37.4 Å². The molecule has 8 heteroatoms. The highest BCUT2D eigenvalue weighted by Crippen LogP contribution is 2.19. The van der Waals surface area contributed by atoms with Crippen LogP contribution in [-0.4, -0.2) is 36.9 Å². The monoisotopic (exact) mass is 323 g/mol. The normalized spacial score (nSPS) is 11.7. The minimum absolute atomic E-state index is 0.0402. The zero-order valence-corrected chi connectivity index (χ0v) is 12.7. The Labute approximate surface area is 128 Å². The highest BCUT2D eigenvalue weighted by Gasteiger charge is 2.24. The van der Waals surface area contributed by atoms with Crippen LogP contribution in [0.2, 0.25) is 0 Å². The van der Waals surface area contributed by atoms with Crippen molar-refractivity contribution >= 4 is 22.6 Å². The van der Waals surface area contributed by atoms with Gasteiger partial charge >= 0.3 is 7.12 Å². The lowest BCUT2D eigenvalue weighted by Crippen LogP contribution is -2.30. The Bertz CT molecular complexity index is 750. The maximum absolute atomic E-state index is 13.7. The standard InChI is InChI=1S/C14H15BFNO4S/c1-17(10-11-6-8-12(9-7-11)15(18)19)22(20,21)14-5-3-2-4-13(14)16/h2-9,18-19H,10H2,1H3. The lowest BCUT2D eigenvalue weighted by atomic mass is 9.80. The molecule has 0 aliphatic heterocycles. The van der Waals surface area contributed by atoms with Gasteiger partial charge in [0, 0.05) is 13.6 Å². The summed E-state index contributed by atoms with van der Waals surface area (Å²) in [5, 5.41) is 18.0. The van der Waals surface area contributed by atoms with Crippen LogP contribution in [0.4, 0.5) is 4.39 Å². The molecule has 2 aromatic rings. The maximum atomic E-state index is 13.7. The van der Waals surface area contributed by atoms with Crippen molar-refractivity contribution in [2.24, 2.45) is 0 Å². The van der Waals surface area contributed by atoms with Crippen LogP contribution in [0.1, 0.15) is 5.56 Å². The molecule has 0 aromatic heterocycles. The van der Waals surface area contributed by atoms with Gasteiger partial charge in [0.2, 0.25) is 10.0 Å². The summed E-state index contributed by atoms with van der Waals surface area (Å²) < 4.78 is 39.4. The summed E-state index contributed by atoms with van der Waals surface area (Å²) in [6.07, 6.45) is 0. The van der Waals surface area contributed by atoms with E-state index in [-0.39, 0.29) is 11.4 Å². The van der Waals surface area contributed by atoms with Gasteiger partial charge in [0.05, 0.1) is 0 Å². The van der Waals surface area contributed by atoms with Gasteiger partial charge in [0.15, 0.2) is 0 Å². The molecule has 0 spiro atoms. The first-order valence-electron chi connectivity index (χ1n) is 6.48. The van der Waals surface area contributed by atoms with Gasteiger partial charge in [-0.1, -0.05) is 36.4 Å². The van der Waals surface area contributed by atoms with Crippen LogP contribution in [0.3, 0.4) is 0 Å². The van der Waals surface area contributed by atoms with Crippen LogP contribution < -0.4 is 5.46 Å². The van der Waals surface area contributed by atoms with Gasteiger partial charge in [-0.3, -0.25) is 0 Å². The van der Waals surface area contributed by atoms with Gasteiger partial charge in [0.1, 0.15) is 10.7 Å². The third kappa shape index (κ3) is 3.53. The molecule has 0 aliphatic rings. The van der Waals surface area contributed by atoms with E-state index < -0.39 is 23.0 Å². The van der Waals surface area contributed by atoms with Gasteiger partial charge in [-0.25, -0.2) is 12.8 Å². The van der Waals surface area contributed by atoms with Gasteiger partial charge < -0.3 is 10.0 Å². The first kappa shape index (κ1) is 16.6. The maximum Gasteiger partial charge on any atom is 0.488 e. The third-order valence-corrected chi connectivity index (χ3v) is 5.04. The molecule has 0 bridgehead atoms. The molecule has 0 heterocycles. The Kier molecular flexibility index (Phi) is 4.97. The van der Waals surface area contributed by atoms with Crippen LogP contribution in [0, 0.1) is 5.82 Å². The van der Waals surface area contributed by atoms with Crippen LogP contribution >= 0.6 is 0 Å². The molecular formula is C14H15BFNO4S. The number of hydrogen-bond acceptors (Lipinski definition) is 4. The number of sulfonamides is 1. The third-order valence-electron chi connectivity index (χ3n) is 3.21. The van der Waals surface area contributed by atoms with Gasteiger partial charge in [-0.15, -0.1) is 0 Å². The Hall–Kier alpha value is -1.74. The van der Waals surface area contributed by atoms with E-state index in [0.717, 1.165) is 10.4 Å². The zero-order valence-electron chi connectivity index (χ0n) is 11.8. The molecule has 0 saturated carbocycles. The lowest BCUT2D eigenvalue weighted by molar-refractivity contribution is 0.425. The van der Waals surface area contributed by atoms with Crippen LogP contribution in [-0.2, 0) is 16.6 Å². The van der Waals surface area contributed by atoms with Crippen molar-refractivity contribution in [3.8, 4) is 0 Å². The fourth-order valence-electron chi connectivity index (χ4n) is 1.96. The predicted octanol–water partition coefficient (Wildman–Crippen LogP) is 0.326. The van der Waals surface area contributed by atoms with E-state index in [9.17, 15) is 12.8 Å². The molecule has 2 N–H and O–H groups in total. The van der Waals surface area contributed by atoms with Crippen molar-refractivity contribution in [2.75, 3.05) is 7.05 Å². The summed E-state index contributed by atoms with van der Waals surface area (Å²) in [4.78, 5) is -0.375. The molecule has 2 aromatic carbocycles. The number of rotatable bonds is 5. The van der Waals surface area contributed by atoms with Gasteiger partial charge in [-0.2, -0.15) is 4.31 Å². The second-order valence-corrected chi connectivity index (χ2v) is 6.82. The average Bonchev–Trinajstić information content (AvgIpc) is 2.48. The van der Waals surface area contributed by atoms with Crippen molar-refractivity contribution in [2.45, 2.75) is 11.4 Å². The summed E-state index contributed by atoms with van der Waals surface area (Å²) in [7, 11) is -4.15. The summed E-state index contributed by atoms with van der Waals surface area (Å²) in [6, 6.07) is 11.3. The topological polar surface area (TPSA) is 77.8 Å². The van der Waals surface area contributed by atoms with Crippen molar-refractivity contribution in [3.63, 3.8) is 0 Å². The molecular weight excluding hydrogens is 308 g/mol. The molecule has 2 rings (SSSR count). The number of nitrogens with zero attached hydrogens (tertiary/aromatic N) is 1. The zero-order chi connectivity index (χ0) is 16.3. The molecule has 0 aliphatic carbocycles. The molecule has 0 atom stereocenters. The lowest BCUT2D eigenvalue weighted by Gasteiger charge is -2.17. The Morgan fingerprint density at radius 2 is 1.68 bits per heavy atom. The molecule has 22 heavy (non-hydrogen) atoms. The van der Waals surface area contributed by atoms with E-state index in [2.05, 4.69) is 0 Å². The van der Waals surface area contributed by atoms with Crippen molar-refractivity contribution in [1.82, 2.24) is 4.31 Å². The quantitative estimate of drug-likeness (QED) is 0.777. The Morgan fingerprint density at radius 1 is 1.09 bits per heavy atom.